The van der Waals surface area contributed by atoms with Crippen molar-refractivity contribution in [2.75, 3.05) is 7.11 Å². The summed E-state index contributed by atoms with van der Waals surface area (Å²) in [7, 11) is 1.65. The Morgan fingerprint density at radius 1 is 1.41 bits per heavy atom. The topological polar surface area (TPSA) is 61.3 Å². The SMILES string of the molecule is COc1cccc2oc([C@@H]3CC[C@H](N)C3)nc12. The van der Waals surface area contributed by atoms with Crippen LogP contribution in [-0.2, 0) is 0 Å². The van der Waals surface area contributed by atoms with Crippen molar-refractivity contribution in [2.45, 2.75) is 31.2 Å². The summed E-state index contributed by atoms with van der Waals surface area (Å²) in [6, 6.07) is 6.02. The van der Waals surface area contributed by atoms with Crippen molar-refractivity contribution >= 4 is 11.1 Å². The van der Waals surface area contributed by atoms with Crippen molar-refractivity contribution < 1.29 is 9.15 Å². The molecule has 4 nitrogen and oxygen atoms in total. The Hall–Kier alpha value is -1.55. The van der Waals surface area contributed by atoms with Crippen LogP contribution in [0.3, 0.4) is 0 Å². The second kappa shape index (κ2) is 4.04. The number of hydrogen-bond acceptors (Lipinski definition) is 4. The number of nitrogens with zero attached hydrogens (tertiary/aromatic N) is 1. The molecule has 0 unspecified atom stereocenters. The molecule has 0 spiro atoms. The summed E-state index contributed by atoms with van der Waals surface area (Å²) < 4.78 is 11.1. The number of ether oxygens (including phenoxy) is 1. The molecule has 1 saturated carbocycles. The van der Waals surface area contributed by atoms with Crippen molar-refractivity contribution in [3.63, 3.8) is 0 Å². The van der Waals surface area contributed by atoms with E-state index >= 15 is 0 Å². The highest BCUT2D eigenvalue weighted by molar-refractivity contribution is 5.79. The number of nitrogens with two attached hydrogens (primary N) is 1. The number of rotatable bonds is 2. The van der Waals surface area contributed by atoms with E-state index in [1.54, 1.807) is 7.11 Å². The summed E-state index contributed by atoms with van der Waals surface area (Å²) in [6.07, 6.45) is 3.09. The molecule has 1 aromatic heterocycles. The summed E-state index contributed by atoms with van der Waals surface area (Å²) in [5.41, 5.74) is 7.52. The zero-order valence-corrected chi connectivity index (χ0v) is 9.85. The smallest absolute Gasteiger partial charge is 0.198 e. The van der Waals surface area contributed by atoms with E-state index in [2.05, 4.69) is 4.98 Å². The fourth-order valence-electron chi connectivity index (χ4n) is 2.52. The van der Waals surface area contributed by atoms with Crippen LogP contribution in [0.25, 0.3) is 11.1 Å². The van der Waals surface area contributed by atoms with Crippen molar-refractivity contribution in [2.24, 2.45) is 5.73 Å². The van der Waals surface area contributed by atoms with Crippen molar-refractivity contribution in [3.8, 4) is 5.75 Å². The third-order valence-electron chi connectivity index (χ3n) is 3.44. The van der Waals surface area contributed by atoms with E-state index in [4.69, 9.17) is 14.9 Å². The Morgan fingerprint density at radius 3 is 3.00 bits per heavy atom. The minimum absolute atomic E-state index is 0.289. The first-order valence-electron chi connectivity index (χ1n) is 5.97. The van der Waals surface area contributed by atoms with Gasteiger partial charge in [-0.1, -0.05) is 6.07 Å². The molecule has 1 fully saturated rings. The summed E-state index contributed by atoms with van der Waals surface area (Å²) in [5, 5.41) is 0. The lowest BCUT2D eigenvalue weighted by atomic mass is 10.1. The Morgan fingerprint density at radius 2 is 2.29 bits per heavy atom. The number of benzene rings is 1. The maximum absolute atomic E-state index is 5.92. The summed E-state index contributed by atoms with van der Waals surface area (Å²) in [4.78, 5) is 4.55. The second-order valence-electron chi connectivity index (χ2n) is 4.63. The van der Waals surface area contributed by atoms with Gasteiger partial charge in [-0.05, 0) is 31.4 Å². The van der Waals surface area contributed by atoms with Crippen LogP contribution in [0.5, 0.6) is 5.75 Å². The molecule has 0 bridgehead atoms. The summed E-state index contributed by atoms with van der Waals surface area (Å²) in [6.45, 7) is 0. The molecule has 0 aliphatic heterocycles. The maximum atomic E-state index is 5.92. The fraction of sp³-hybridized carbons (Fsp3) is 0.462. The van der Waals surface area contributed by atoms with Crippen molar-refractivity contribution in [1.82, 2.24) is 4.98 Å². The van der Waals surface area contributed by atoms with Crippen molar-refractivity contribution in [1.29, 1.82) is 0 Å². The molecule has 0 saturated heterocycles. The van der Waals surface area contributed by atoms with Crippen LogP contribution >= 0.6 is 0 Å². The lowest BCUT2D eigenvalue weighted by Gasteiger charge is -2.02. The van der Waals surface area contributed by atoms with E-state index in [0.29, 0.717) is 5.92 Å². The minimum Gasteiger partial charge on any atom is -0.494 e. The number of methoxy groups -OCH3 is 1. The summed E-state index contributed by atoms with van der Waals surface area (Å²) in [5.74, 6) is 1.93. The molecule has 1 aromatic carbocycles. The van der Waals surface area contributed by atoms with Gasteiger partial charge in [-0.25, -0.2) is 4.98 Å². The highest BCUT2D eigenvalue weighted by Crippen LogP contribution is 2.36. The molecule has 1 aliphatic rings. The zero-order valence-electron chi connectivity index (χ0n) is 9.85. The third kappa shape index (κ3) is 1.78. The molecule has 17 heavy (non-hydrogen) atoms. The van der Waals surface area contributed by atoms with E-state index in [1.807, 2.05) is 18.2 Å². The van der Waals surface area contributed by atoms with Gasteiger partial charge in [-0.15, -0.1) is 0 Å². The highest BCUT2D eigenvalue weighted by atomic mass is 16.5. The van der Waals surface area contributed by atoms with Crippen LogP contribution in [-0.4, -0.2) is 18.1 Å². The standard InChI is InChI=1S/C13H16N2O2/c1-16-10-3-2-4-11-12(10)15-13(17-11)8-5-6-9(14)7-8/h2-4,8-9H,5-7,14H2,1H3/t8-,9+/m1/s1. The second-order valence-corrected chi connectivity index (χ2v) is 4.63. The normalized spacial score (nSPS) is 24.4. The lowest BCUT2D eigenvalue weighted by Crippen LogP contribution is -2.14. The molecular formula is C13H16N2O2. The monoisotopic (exact) mass is 232 g/mol. The van der Waals surface area contributed by atoms with Gasteiger partial charge in [0.25, 0.3) is 0 Å². The quantitative estimate of drug-likeness (QED) is 0.863. The van der Waals surface area contributed by atoms with E-state index < -0.39 is 0 Å². The average molecular weight is 232 g/mol. The first kappa shape index (κ1) is 10.6. The van der Waals surface area contributed by atoms with E-state index in [-0.39, 0.29) is 6.04 Å². The molecule has 2 N–H and O–H groups in total. The van der Waals surface area contributed by atoms with E-state index in [9.17, 15) is 0 Å². The van der Waals surface area contributed by atoms with Crippen LogP contribution in [0.4, 0.5) is 0 Å². The van der Waals surface area contributed by atoms with Crippen LogP contribution < -0.4 is 10.5 Å². The number of fused-ring (bicyclic) bond motifs is 1. The van der Waals surface area contributed by atoms with Gasteiger partial charge < -0.3 is 14.9 Å². The van der Waals surface area contributed by atoms with Crippen molar-refractivity contribution in [3.05, 3.63) is 24.1 Å². The largest absolute Gasteiger partial charge is 0.494 e. The molecule has 2 atom stereocenters. The first-order valence-corrected chi connectivity index (χ1v) is 5.97. The molecule has 1 heterocycles. The Balaban J connectivity index is 2.01. The molecule has 4 heteroatoms. The van der Waals surface area contributed by atoms with Gasteiger partial charge in [0.2, 0.25) is 0 Å². The molecule has 0 radical (unpaired) electrons. The van der Waals surface area contributed by atoms with Gasteiger partial charge in [-0.3, -0.25) is 0 Å². The van der Waals surface area contributed by atoms with Crippen LogP contribution in [0.2, 0.25) is 0 Å². The number of oxazole rings is 1. The molecule has 90 valence electrons. The molecular weight excluding hydrogens is 216 g/mol. The Bertz CT molecular complexity index is 535. The van der Waals surface area contributed by atoms with Gasteiger partial charge in [0, 0.05) is 12.0 Å². The highest BCUT2D eigenvalue weighted by Gasteiger charge is 2.27. The zero-order chi connectivity index (χ0) is 11.8. The molecule has 2 aromatic rings. The van der Waals surface area contributed by atoms with Crippen LogP contribution in [0.1, 0.15) is 31.1 Å². The predicted octanol–water partition coefficient (Wildman–Crippen LogP) is 2.43. The maximum Gasteiger partial charge on any atom is 0.198 e. The van der Waals surface area contributed by atoms with Gasteiger partial charge in [0.15, 0.2) is 17.0 Å². The molecule has 0 amide bonds. The van der Waals surface area contributed by atoms with Gasteiger partial charge >= 0.3 is 0 Å². The van der Waals surface area contributed by atoms with E-state index in [0.717, 1.165) is 42.0 Å². The molecule has 1 aliphatic carbocycles. The lowest BCUT2D eigenvalue weighted by molar-refractivity contribution is 0.419. The average Bonchev–Trinajstić information content (AvgIpc) is 2.93. The summed E-state index contributed by atoms with van der Waals surface area (Å²) >= 11 is 0. The van der Waals surface area contributed by atoms with Gasteiger partial charge in [0.1, 0.15) is 5.75 Å². The number of aromatic nitrogens is 1. The minimum atomic E-state index is 0.289. The molecule has 3 rings (SSSR count). The van der Waals surface area contributed by atoms with Gasteiger partial charge in [-0.2, -0.15) is 0 Å². The Labute approximate surface area is 99.8 Å². The van der Waals surface area contributed by atoms with Gasteiger partial charge in [0.05, 0.1) is 7.11 Å². The third-order valence-corrected chi connectivity index (χ3v) is 3.44. The predicted molar refractivity (Wildman–Crippen MR) is 65.1 cm³/mol. The van der Waals surface area contributed by atoms with E-state index in [1.165, 1.54) is 0 Å². The van der Waals surface area contributed by atoms with Crippen LogP contribution in [0, 0.1) is 0 Å². The fourth-order valence-corrected chi connectivity index (χ4v) is 2.52. The number of hydrogen-bond donors (Lipinski definition) is 1. The Kier molecular flexibility index (Phi) is 2.52. The first-order chi connectivity index (χ1) is 8.28. The van der Waals surface area contributed by atoms with Crippen LogP contribution in [0.15, 0.2) is 22.6 Å². The number of para-hydroxylation sites is 1.